The van der Waals surface area contributed by atoms with Crippen LogP contribution in [-0.2, 0) is 11.2 Å². The molecule has 2 unspecified atom stereocenters. The maximum absolute atomic E-state index is 5.51. The Morgan fingerprint density at radius 1 is 1.33 bits per heavy atom. The zero-order valence-electron chi connectivity index (χ0n) is 17.0. The topological polar surface area (TPSA) is 62.0 Å². The van der Waals surface area contributed by atoms with E-state index in [4.69, 9.17) is 14.1 Å². The zero-order chi connectivity index (χ0) is 18.9. The third-order valence-electron chi connectivity index (χ3n) is 5.67. The molecule has 6 heteroatoms. The van der Waals surface area contributed by atoms with Gasteiger partial charge in [-0.2, -0.15) is 0 Å². The third kappa shape index (κ3) is 6.85. The molecule has 152 valence electrons. The van der Waals surface area contributed by atoms with Gasteiger partial charge in [0.05, 0.1) is 12.9 Å². The van der Waals surface area contributed by atoms with Gasteiger partial charge >= 0.3 is 0 Å². The summed E-state index contributed by atoms with van der Waals surface area (Å²) in [5, 5.41) is 7.21. The molecule has 0 amide bonds. The molecule has 27 heavy (non-hydrogen) atoms. The van der Waals surface area contributed by atoms with E-state index in [2.05, 4.69) is 29.4 Å². The molecule has 2 atom stereocenters. The van der Waals surface area contributed by atoms with Crippen LogP contribution in [0.4, 0.5) is 0 Å². The monoisotopic (exact) mass is 376 g/mol. The van der Waals surface area contributed by atoms with E-state index in [1.165, 1.54) is 25.8 Å². The molecule has 2 aliphatic heterocycles. The molecular formula is C21H36N4O2. The van der Waals surface area contributed by atoms with Crippen molar-refractivity contribution in [2.45, 2.75) is 58.0 Å². The first-order chi connectivity index (χ1) is 13.2. The second-order valence-electron chi connectivity index (χ2n) is 7.96. The fraction of sp³-hybridized carbons (Fsp3) is 0.762. The van der Waals surface area contributed by atoms with Crippen molar-refractivity contribution in [2.24, 2.45) is 10.9 Å². The number of guanidine groups is 1. The molecule has 0 aromatic carbocycles. The van der Waals surface area contributed by atoms with E-state index >= 15 is 0 Å². The van der Waals surface area contributed by atoms with Gasteiger partial charge in [-0.15, -0.1) is 0 Å². The summed E-state index contributed by atoms with van der Waals surface area (Å²) in [6.07, 6.45) is 7.22. The largest absolute Gasteiger partial charge is 0.469 e. The van der Waals surface area contributed by atoms with E-state index < -0.39 is 0 Å². The second kappa shape index (κ2) is 10.7. The van der Waals surface area contributed by atoms with Gasteiger partial charge in [-0.1, -0.05) is 6.92 Å². The number of hydrogen-bond donors (Lipinski definition) is 2. The van der Waals surface area contributed by atoms with E-state index in [1.807, 2.05) is 12.1 Å². The molecule has 3 heterocycles. The van der Waals surface area contributed by atoms with E-state index in [1.54, 1.807) is 6.26 Å². The molecule has 6 nitrogen and oxygen atoms in total. The summed E-state index contributed by atoms with van der Waals surface area (Å²) >= 11 is 0. The molecular weight excluding hydrogens is 340 g/mol. The number of nitrogens with zero attached hydrogens (tertiary/aromatic N) is 2. The Bertz CT molecular complexity index is 547. The Labute approximate surface area is 163 Å². The summed E-state index contributed by atoms with van der Waals surface area (Å²) in [7, 11) is 0. The normalized spacial score (nSPS) is 23.5. The van der Waals surface area contributed by atoms with E-state index in [9.17, 15) is 0 Å². The summed E-state index contributed by atoms with van der Waals surface area (Å²) in [4.78, 5) is 7.39. The molecule has 0 aliphatic carbocycles. The summed E-state index contributed by atoms with van der Waals surface area (Å²) in [5.41, 5.74) is 0. The fourth-order valence-electron chi connectivity index (χ4n) is 3.75. The predicted molar refractivity (Wildman–Crippen MR) is 109 cm³/mol. The van der Waals surface area contributed by atoms with E-state index in [-0.39, 0.29) is 0 Å². The minimum atomic E-state index is 0.419. The molecule has 2 aliphatic rings. The molecule has 3 rings (SSSR count). The van der Waals surface area contributed by atoms with Gasteiger partial charge < -0.3 is 24.7 Å². The van der Waals surface area contributed by atoms with Crippen LogP contribution in [0, 0.1) is 5.92 Å². The summed E-state index contributed by atoms with van der Waals surface area (Å²) in [5.74, 6) is 2.67. The van der Waals surface area contributed by atoms with Gasteiger partial charge in [0, 0.05) is 51.3 Å². The van der Waals surface area contributed by atoms with Crippen molar-refractivity contribution in [1.82, 2.24) is 15.5 Å². The molecule has 0 radical (unpaired) electrons. The number of nitrogens with one attached hydrogen (secondary N) is 2. The Morgan fingerprint density at radius 3 is 2.85 bits per heavy atom. The molecule has 1 aromatic rings. The van der Waals surface area contributed by atoms with Crippen molar-refractivity contribution >= 4 is 5.96 Å². The molecule has 0 spiro atoms. The van der Waals surface area contributed by atoms with Crippen LogP contribution in [0.1, 0.15) is 45.3 Å². The highest BCUT2D eigenvalue weighted by Crippen LogP contribution is 2.17. The Morgan fingerprint density at radius 2 is 2.19 bits per heavy atom. The Balaban J connectivity index is 1.44. The highest BCUT2D eigenvalue weighted by atomic mass is 16.5. The van der Waals surface area contributed by atoms with Gasteiger partial charge in [-0.05, 0) is 50.7 Å². The maximum atomic E-state index is 5.51. The van der Waals surface area contributed by atoms with Gasteiger partial charge in [0.1, 0.15) is 5.76 Å². The number of ether oxygens (including phenoxy) is 1. The summed E-state index contributed by atoms with van der Waals surface area (Å²) in [6, 6.07) is 4.86. The van der Waals surface area contributed by atoms with Crippen LogP contribution in [0.5, 0.6) is 0 Å². The lowest BCUT2D eigenvalue weighted by atomic mass is 10.0. The van der Waals surface area contributed by atoms with Gasteiger partial charge in [-0.25, -0.2) is 0 Å². The zero-order valence-corrected chi connectivity index (χ0v) is 17.0. The lowest BCUT2D eigenvalue weighted by molar-refractivity contribution is 0.150. The number of aliphatic imine (C=N–C) groups is 1. The van der Waals surface area contributed by atoms with Gasteiger partial charge in [0.25, 0.3) is 0 Å². The molecule has 0 bridgehead atoms. The number of rotatable bonds is 8. The number of likely N-dealkylation sites (tertiary alicyclic amines) is 1. The first-order valence-corrected chi connectivity index (χ1v) is 10.6. The lowest BCUT2D eigenvalue weighted by Crippen LogP contribution is -2.51. The highest BCUT2D eigenvalue weighted by molar-refractivity contribution is 5.80. The van der Waals surface area contributed by atoms with Gasteiger partial charge in [-0.3, -0.25) is 4.99 Å². The first-order valence-electron chi connectivity index (χ1n) is 10.6. The molecule has 2 saturated heterocycles. The van der Waals surface area contributed by atoms with Crippen LogP contribution in [0.15, 0.2) is 27.8 Å². The number of hydrogen-bond acceptors (Lipinski definition) is 4. The van der Waals surface area contributed by atoms with Gasteiger partial charge in [0.2, 0.25) is 0 Å². The van der Waals surface area contributed by atoms with Crippen molar-refractivity contribution in [3.05, 3.63) is 24.2 Å². The smallest absolute Gasteiger partial charge is 0.191 e. The average molecular weight is 377 g/mol. The van der Waals surface area contributed by atoms with Crippen LogP contribution in [0.25, 0.3) is 0 Å². The quantitative estimate of drug-likeness (QED) is 0.539. The van der Waals surface area contributed by atoms with E-state index in [0.29, 0.717) is 12.1 Å². The minimum absolute atomic E-state index is 0.419. The highest BCUT2D eigenvalue weighted by Gasteiger charge is 2.24. The minimum Gasteiger partial charge on any atom is -0.469 e. The first kappa shape index (κ1) is 20.2. The predicted octanol–water partition coefficient (Wildman–Crippen LogP) is 2.66. The molecule has 2 N–H and O–H groups in total. The summed E-state index contributed by atoms with van der Waals surface area (Å²) < 4.78 is 10.9. The van der Waals surface area contributed by atoms with E-state index in [0.717, 1.165) is 63.3 Å². The van der Waals surface area contributed by atoms with Crippen LogP contribution < -0.4 is 10.6 Å². The molecule has 1 aromatic heterocycles. The number of piperidine rings is 1. The average Bonchev–Trinajstić information content (AvgIpc) is 3.37. The summed E-state index contributed by atoms with van der Waals surface area (Å²) in [6.45, 7) is 10.6. The second-order valence-corrected chi connectivity index (χ2v) is 7.96. The Kier molecular flexibility index (Phi) is 8.02. The Hall–Kier alpha value is -1.53. The van der Waals surface area contributed by atoms with Gasteiger partial charge in [0.15, 0.2) is 5.96 Å². The van der Waals surface area contributed by atoms with Crippen LogP contribution in [0.2, 0.25) is 0 Å². The van der Waals surface area contributed by atoms with Crippen LogP contribution >= 0.6 is 0 Å². The SMILES string of the molecule is CCC(C)NC(=NCCc1ccco1)NC1CCN(CC2CCOC2)CC1. The standard InChI is InChI=1S/C21H36N4O2/c1-3-17(2)23-21(22-10-6-20-5-4-13-27-20)24-19-7-11-25(12-8-19)15-18-9-14-26-16-18/h4-5,13,17-19H,3,6-12,14-16H2,1-2H3,(H2,22,23,24). The van der Waals surface area contributed by atoms with Crippen LogP contribution in [0.3, 0.4) is 0 Å². The number of furan rings is 1. The fourth-order valence-corrected chi connectivity index (χ4v) is 3.75. The lowest BCUT2D eigenvalue weighted by Gasteiger charge is -2.34. The van der Waals surface area contributed by atoms with Crippen molar-refractivity contribution in [1.29, 1.82) is 0 Å². The molecule has 2 fully saturated rings. The maximum Gasteiger partial charge on any atom is 0.191 e. The third-order valence-corrected chi connectivity index (χ3v) is 5.67. The van der Waals surface area contributed by atoms with Crippen LogP contribution in [-0.4, -0.2) is 62.3 Å². The van der Waals surface area contributed by atoms with Crippen molar-refractivity contribution in [2.75, 3.05) is 39.4 Å². The molecule has 0 saturated carbocycles. The van der Waals surface area contributed by atoms with Crippen molar-refractivity contribution in [3.63, 3.8) is 0 Å². The van der Waals surface area contributed by atoms with Crippen molar-refractivity contribution in [3.8, 4) is 0 Å². The van der Waals surface area contributed by atoms with Crippen molar-refractivity contribution < 1.29 is 9.15 Å².